The lowest BCUT2D eigenvalue weighted by atomic mass is 10.2. The molecule has 0 radical (unpaired) electrons. The molecule has 6 nitrogen and oxygen atoms in total. The van der Waals surface area contributed by atoms with E-state index in [2.05, 4.69) is 5.32 Å². The van der Waals surface area contributed by atoms with Crippen LogP contribution in [0.25, 0.3) is 0 Å². The van der Waals surface area contributed by atoms with E-state index < -0.39 is 21.5 Å². The highest BCUT2D eigenvalue weighted by Gasteiger charge is 2.20. The summed E-state index contributed by atoms with van der Waals surface area (Å²) < 4.78 is 29.9. The number of nitrogens with one attached hydrogen (secondary N) is 1. The van der Waals surface area contributed by atoms with Gasteiger partial charge in [0.1, 0.15) is 5.37 Å². The minimum absolute atomic E-state index is 0.0154. The quantitative estimate of drug-likeness (QED) is 0.413. The molecule has 0 fully saturated rings. The van der Waals surface area contributed by atoms with Crippen LogP contribution in [0.5, 0.6) is 0 Å². The molecule has 2 unspecified atom stereocenters. The number of aliphatic hydroxyl groups excluding tert-OH is 2. The van der Waals surface area contributed by atoms with Gasteiger partial charge in [-0.15, -0.1) is 0 Å². The Bertz CT molecular complexity index is 240. The normalized spacial score (nSPS) is 16.6. The second kappa shape index (κ2) is 6.31. The zero-order valence-corrected chi connectivity index (χ0v) is 8.87. The molecule has 0 saturated heterocycles. The van der Waals surface area contributed by atoms with E-state index in [9.17, 15) is 8.42 Å². The number of aliphatic hydroxyl groups is 2. The van der Waals surface area contributed by atoms with Gasteiger partial charge in [0.05, 0.1) is 6.61 Å². The van der Waals surface area contributed by atoms with E-state index in [-0.39, 0.29) is 13.2 Å². The molecule has 0 bridgehead atoms. The summed E-state index contributed by atoms with van der Waals surface area (Å²) in [6.45, 7) is 1.04. The van der Waals surface area contributed by atoms with Crippen LogP contribution in [0.3, 0.4) is 0 Å². The second-order valence-corrected chi connectivity index (χ2v) is 4.81. The van der Waals surface area contributed by atoms with Gasteiger partial charge in [-0.2, -0.15) is 8.42 Å². The highest BCUT2D eigenvalue weighted by atomic mass is 32.2. The first-order chi connectivity index (χ1) is 6.41. The summed E-state index contributed by atoms with van der Waals surface area (Å²) in [5.41, 5.74) is 0. The SMILES string of the molecule is CC(NC(CO)CCCO)S(=O)(=O)O. The van der Waals surface area contributed by atoms with E-state index in [1.807, 2.05) is 0 Å². The van der Waals surface area contributed by atoms with E-state index in [0.717, 1.165) is 0 Å². The van der Waals surface area contributed by atoms with Crippen LogP contribution in [0.2, 0.25) is 0 Å². The molecule has 0 spiro atoms. The Morgan fingerprint density at radius 3 is 2.29 bits per heavy atom. The van der Waals surface area contributed by atoms with E-state index in [1.165, 1.54) is 6.92 Å². The third-order valence-electron chi connectivity index (χ3n) is 1.85. The van der Waals surface area contributed by atoms with Gasteiger partial charge in [-0.3, -0.25) is 9.87 Å². The van der Waals surface area contributed by atoms with Gasteiger partial charge in [0, 0.05) is 12.6 Å². The molecular formula is C7H17NO5S. The molecular weight excluding hydrogens is 210 g/mol. The topological polar surface area (TPSA) is 107 Å². The Balaban J connectivity index is 4.05. The molecule has 0 heterocycles. The van der Waals surface area contributed by atoms with Crippen LogP contribution in [0.1, 0.15) is 19.8 Å². The lowest BCUT2D eigenvalue weighted by Crippen LogP contribution is -2.43. The summed E-state index contributed by atoms with van der Waals surface area (Å²) >= 11 is 0. The van der Waals surface area contributed by atoms with Crippen molar-refractivity contribution in [1.29, 1.82) is 0 Å². The molecule has 0 rings (SSSR count). The van der Waals surface area contributed by atoms with E-state index in [4.69, 9.17) is 14.8 Å². The maximum Gasteiger partial charge on any atom is 0.280 e. The first kappa shape index (κ1) is 13.8. The average molecular weight is 227 g/mol. The van der Waals surface area contributed by atoms with Gasteiger partial charge in [0.25, 0.3) is 10.1 Å². The molecule has 0 aliphatic heterocycles. The van der Waals surface area contributed by atoms with E-state index >= 15 is 0 Å². The van der Waals surface area contributed by atoms with E-state index in [0.29, 0.717) is 12.8 Å². The van der Waals surface area contributed by atoms with Crippen LogP contribution in [-0.4, -0.2) is 47.8 Å². The molecule has 86 valence electrons. The monoisotopic (exact) mass is 227 g/mol. The fourth-order valence-electron chi connectivity index (χ4n) is 0.983. The molecule has 14 heavy (non-hydrogen) atoms. The first-order valence-electron chi connectivity index (χ1n) is 4.36. The van der Waals surface area contributed by atoms with Crippen molar-refractivity contribution < 1.29 is 23.2 Å². The van der Waals surface area contributed by atoms with Crippen LogP contribution in [0.4, 0.5) is 0 Å². The lowest BCUT2D eigenvalue weighted by molar-refractivity contribution is 0.215. The highest BCUT2D eigenvalue weighted by Crippen LogP contribution is 2.00. The van der Waals surface area contributed by atoms with Crippen molar-refractivity contribution in [3.05, 3.63) is 0 Å². The first-order valence-corrected chi connectivity index (χ1v) is 5.86. The van der Waals surface area contributed by atoms with Crippen LogP contribution < -0.4 is 5.32 Å². The number of hydrogen-bond donors (Lipinski definition) is 4. The van der Waals surface area contributed by atoms with E-state index in [1.54, 1.807) is 0 Å². The zero-order chi connectivity index (χ0) is 11.2. The Morgan fingerprint density at radius 2 is 1.93 bits per heavy atom. The van der Waals surface area contributed by atoms with Crippen molar-refractivity contribution >= 4 is 10.1 Å². The molecule has 0 aromatic rings. The average Bonchev–Trinajstić information content (AvgIpc) is 2.10. The van der Waals surface area contributed by atoms with Crippen molar-refractivity contribution in [2.24, 2.45) is 0 Å². The molecule has 4 N–H and O–H groups in total. The Hall–Kier alpha value is -0.210. The summed E-state index contributed by atoms with van der Waals surface area (Å²) in [7, 11) is -4.12. The van der Waals surface area contributed by atoms with Crippen molar-refractivity contribution in [3.63, 3.8) is 0 Å². The lowest BCUT2D eigenvalue weighted by Gasteiger charge is -2.19. The van der Waals surface area contributed by atoms with Gasteiger partial charge in [-0.1, -0.05) is 0 Å². The van der Waals surface area contributed by atoms with Gasteiger partial charge in [-0.05, 0) is 19.8 Å². The van der Waals surface area contributed by atoms with Gasteiger partial charge < -0.3 is 10.2 Å². The molecule has 0 aliphatic carbocycles. The second-order valence-electron chi connectivity index (χ2n) is 3.07. The van der Waals surface area contributed by atoms with Crippen molar-refractivity contribution in [1.82, 2.24) is 5.32 Å². The maximum atomic E-state index is 10.6. The Kier molecular flexibility index (Phi) is 6.21. The predicted molar refractivity (Wildman–Crippen MR) is 51.3 cm³/mol. The largest absolute Gasteiger partial charge is 0.396 e. The predicted octanol–water partition coefficient (Wildman–Crippen LogP) is -1.06. The minimum Gasteiger partial charge on any atom is -0.396 e. The fourth-order valence-corrected chi connectivity index (χ4v) is 1.35. The molecule has 0 amide bonds. The van der Waals surface area contributed by atoms with Crippen LogP contribution in [0, 0.1) is 0 Å². The molecule has 0 saturated carbocycles. The van der Waals surface area contributed by atoms with Gasteiger partial charge in [0.15, 0.2) is 0 Å². The maximum absolute atomic E-state index is 10.6. The molecule has 2 atom stereocenters. The summed E-state index contributed by atoms with van der Waals surface area (Å²) in [5, 5.41) is 18.8. The third kappa shape index (κ3) is 5.51. The summed E-state index contributed by atoms with van der Waals surface area (Å²) in [4.78, 5) is 0. The Labute approximate surface area is 83.7 Å². The van der Waals surface area contributed by atoms with Crippen LogP contribution in [0.15, 0.2) is 0 Å². The highest BCUT2D eigenvalue weighted by molar-refractivity contribution is 7.86. The summed E-state index contributed by atoms with van der Waals surface area (Å²) in [6, 6.07) is -0.431. The Morgan fingerprint density at radius 1 is 1.36 bits per heavy atom. The third-order valence-corrected chi connectivity index (χ3v) is 2.88. The molecule has 7 heteroatoms. The minimum atomic E-state index is -4.12. The molecule has 0 aromatic heterocycles. The van der Waals surface area contributed by atoms with Crippen molar-refractivity contribution in [2.45, 2.75) is 31.2 Å². The summed E-state index contributed by atoms with van der Waals surface area (Å²) in [6.07, 6.45) is 0.920. The van der Waals surface area contributed by atoms with Crippen molar-refractivity contribution in [2.75, 3.05) is 13.2 Å². The number of hydrogen-bond acceptors (Lipinski definition) is 5. The van der Waals surface area contributed by atoms with Crippen molar-refractivity contribution in [3.8, 4) is 0 Å². The summed E-state index contributed by atoms with van der Waals surface area (Å²) in [5.74, 6) is 0. The molecule has 0 aliphatic rings. The van der Waals surface area contributed by atoms with Gasteiger partial charge in [-0.25, -0.2) is 0 Å². The van der Waals surface area contributed by atoms with Gasteiger partial charge in [0.2, 0.25) is 0 Å². The smallest absolute Gasteiger partial charge is 0.280 e. The standard InChI is InChI=1S/C7H17NO5S/c1-6(14(11,12)13)8-7(5-10)3-2-4-9/h6-10H,2-5H2,1H3,(H,11,12,13). The fraction of sp³-hybridized carbons (Fsp3) is 1.00. The molecule has 0 aromatic carbocycles. The number of rotatable bonds is 7. The van der Waals surface area contributed by atoms with Crippen LogP contribution >= 0.6 is 0 Å². The van der Waals surface area contributed by atoms with Gasteiger partial charge >= 0.3 is 0 Å². The van der Waals surface area contributed by atoms with Crippen LogP contribution in [-0.2, 0) is 10.1 Å². The zero-order valence-electron chi connectivity index (χ0n) is 8.05.